The largest absolute Gasteiger partial charge is 0.198 e. The maximum absolute atomic E-state index is 9.78. The Morgan fingerprint density at radius 1 is 0.783 bits per heavy atom. The molecule has 0 aromatic heterocycles. The van der Waals surface area contributed by atoms with E-state index in [1.54, 1.807) is 0 Å². The van der Waals surface area contributed by atoms with E-state index in [1.165, 1.54) is 96.3 Å². The van der Waals surface area contributed by atoms with E-state index in [-0.39, 0.29) is 5.41 Å². The molecule has 0 spiro atoms. The number of unbranched alkanes of at least 4 members (excludes halogenated alkanes) is 1. The number of hydrogen-bond donors (Lipinski definition) is 0. The monoisotopic (exact) mass is 317 g/mol. The minimum Gasteiger partial charge on any atom is -0.198 e. The van der Waals surface area contributed by atoms with Gasteiger partial charge in [0.25, 0.3) is 0 Å². The Morgan fingerprint density at radius 3 is 1.87 bits per heavy atom. The number of rotatable bonds is 8. The first-order valence-corrected chi connectivity index (χ1v) is 10.6. The predicted molar refractivity (Wildman–Crippen MR) is 99.1 cm³/mol. The average Bonchev–Trinajstić information content (AvgIpc) is 2.61. The van der Waals surface area contributed by atoms with Crippen molar-refractivity contribution in [3.05, 3.63) is 0 Å². The molecule has 1 nitrogen and oxygen atoms in total. The van der Waals surface area contributed by atoms with E-state index in [0.717, 1.165) is 17.8 Å². The third-order valence-corrected chi connectivity index (χ3v) is 6.96. The van der Waals surface area contributed by atoms with Crippen molar-refractivity contribution in [1.82, 2.24) is 0 Å². The van der Waals surface area contributed by atoms with Crippen molar-refractivity contribution in [2.45, 2.75) is 110 Å². The van der Waals surface area contributed by atoms with Gasteiger partial charge in [0.05, 0.1) is 11.5 Å². The van der Waals surface area contributed by atoms with Gasteiger partial charge in [-0.25, -0.2) is 0 Å². The first-order valence-electron chi connectivity index (χ1n) is 10.6. The van der Waals surface area contributed by atoms with Crippen LogP contribution in [0, 0.1) is 34.5 Å². The van der Waals surface area contributed by atoms with Crippen LogP contribution in [0.1, 0.15) is 110 Å². The van der Waals surface area contributed by atoms with Crippen LogP contribution < -0.4 is 0 Å². The zero-order chi connectivity index (χ0) is 16.5. The molecule has 0 atom stereocenters. The minimum absolute atomic E-state index is 0.0449. The standard InChI is InChI=1S/C22H39N/c1-3-5-7-20-8-10-21(11-9-20)14-17-22(18-23)15-12-19(6-4-2)13-16-22/h19-21H,3-17H2,1-2H3/t19-,20-,21-,22-. The molecule has 0 aliphatic heterocycles. The molecule has 2 saturated carbocycles. The van der Waals surface area contributed by atoms with Crippen LogP contribution in [0.5, 0.6) is 0 Å². The Hall–Kier alpha value is -0.510. The lowest BCUT2D eigenvalue weighted by Crippen LogP contribution is -2.27. The van der Waals surface area contributed by atoms with Crippen molar-refractivity contribution < 1.29 is 0 Å². The molecule has 2 aliphatic carbocycles. The molecule has 0 aromatic carbocycles. The third-order valence-electron chi connectivity index (χ3n) is 6.96. The van der Waals surface area contributed by atoms with Gasteiger partial charge >= 0.3 is 0 Å². The van der Waals surface area contributed by atoms with Gasteiger partial charge in [-0.3, -0.25) is 0 Å². The van der Waals surface area contributed by atoms with Crippen molar-refractivity contribution in [2.75, 3.05) is 0 Å². The fourth-order valence-electron chi connectivity index (χ4n) is 5.13. The molecule has 1 heteroatoms. The SMILES string of the molecule is CCCC[C@H]1CC[C@H](CC[C@]2(C#N)CC[C@H](CCC)CC2)CC1. The van der Waals surface area contributed by atoms with Crippen molar-refractivity contribution in [3.8, 4) is 6.07 Å². The fourth-order valence-corrected chi connectivity index (χ4v) is 5.13. The summed E-state index contributed by atoms with van der Waals surface area (Å²) in [6.45, 7) is 4.60. The Labute approximate surface area is 145 Å². The van der Waals surface area contributed by atoms with Crippen LogP contribution in [0.2, 0.25) is 0 Å². The molecule has 0 unspecified atom stereocenters. The van der Waals surface area contributed by atoms with Gasteiger partial charge in [-0.1, -0.05) is 71.6 Å². The van der Waals surface area contributed by atoms with E-state index in [4.69, 9.17) is 0 Å². The summed E-state index contributed by atoms with van der Waals surface area (Å²) in [5.41, 5.74) is 0.0449. The molecule has 23 heavy (non-hydrogen) atoms. The molecule has 0 N–H and O–H groups in total. The summed E-state index contributed by atoms with van der Waals surface area (Å²) in [5, 5.41) is 9.78. The average molecular weight is 318 g/mol. The molecule has 0 bridgehead atoms. The molecule has 0 saturated heterocycles. The predicted octanol–water partition coefficient (Wildman–Crippen LogP) is 7.26. The molecule has 0 aromatic rings. The van der Waals surface area contributed by atoms with E-state index in [1.807, 2.05) is 0 Å². The lowest BCUT2D eigenvalue weighted by molar-refractivity contribution is 0.164. The maximum atomic E-state index is 9.78. The highest BCUT2D eigenvalue weighted by molar-refractivity contribution is 5.01. The van der Waals surface area contributed by atoms with Crippen LogP contribution in [0.15, 0.2) is 0 Å². The molecule has 0 radical (unpaired) electrons. The van der Waals surface area contributed by atoms with Crippen LogP contribution in [-0.2, 0) is 0 Å². The summed E-state index contributed by atoms with van der Waals surface area (Å²) in [4.78, 5) is 0. The Balaban J connectivity index is 1.70. The number of nitrogens with zero attached hydrogens (tertiary/aromatic N) is 1. The summed E-state index contributed by atoms with van der Waals surface area (Å²) in [6.07, 6.45) is 20.2. The van der Waals surface area contributed by atoms with E-state index in [9.17, 15) is 5.26 Å². The summed E-state index contributed by atoms with van der Waals surface area (Å²) < 4.78 is 0. The van der Waals surface area contributed by atoms with Gasteiger partial charge in [0.15, 0.2) is 0 Å². The summed E-state index contributed by atoms with van der Waals surface area (Å²) in [7, 11) is 0. The quantitative estimate of drug-likeness (QED) is 0.462. The second-order valence-electron chi connectivity index (χ2n) is 8.69. The van der Waals surface area contributed by atoms with E-state index >= 15 is 0 Å². The number of hydrogen-bond acceptors (Lipinski definition) is 1. The summed E-state index contributed by atoms with van der Waals surface area (Å²) >= 11 is 0. The lowest BCUT2D eigenvalue weighted by atomic mass is 9.66. The summed E-state index contributed by atoms with van der Waals surface area (Å²) in [6, 6.07) is 2.76. The molecule has 2 aliphatic rings. The molecular weight excluding hydrogens is 278 g/mol. The number of nitriles is 1. The van der Waals surface area contributed by atoms with Gasteiger partial charge in [-0.15, -0.1) is 0 Å². The second-order valence-corrected chi connectivity index (χ2v) is 8.69. The molecular formula is C22H39N. The molecule has 2 rings (SSSR count). The first-order chi connectivity index (χ1) is 11.2. The Morgan fingerprint density at radius 2 is 1.35 bits per heavy atom. The second kappa shape index (κ2) is 9.71. The van der Waals surface area contributed by atoms with Gasteiger partial charge < -0.3 is 0 Å². The van der Waals surface area contributed by atoms with E-state index in [0.29, 0.717) is 0 Å². The van der Waals surface area contributed by atoms with Crippen LogP contribution in [0.4, 0.5) is 0 Å². The van der Waals surface area contributed by atoms with Crippen molar-refractivity contribution in [2.24, 2.45) is 23.2 Å². The fraction of sp³-hybridized carbons (Fsp3) is 0.955. The topological polar surface area (TPSA) is 23.8 Å². The van der Waals surface area contributed by atoms with E-state index < -0.39 is 0 Å². The van der Waals surface area contributed by atoms with E-state index in [2.05, 4.69) is 19.9 Å². The first kappa shape index (κ1) is 18.8. The normalized spacial score (nSPS) is 34.9. The van der Waals surface area contributed by atoms with Gasteiger partial charge in [-0.2, -0.15) is 5.26 Å². The molecule has 132 valence electrons. The highest BCUT2D eigenvalue weighted by Gasteiger charge is 2.35. The van der Waals surface area contributed by atoms with Crippen LogP contribution in [0.3, 0.4) is 0 Å². The van der Waals surface area contributed by atoms with Gasteiger partial charge in [0, 0.05) is 0 Å². The Bertz CT molecular complexity index is 351. The zero-order valence-electron chi connectivity index (χ0n) is 15.8. The van der Waals surface area contributed by atoms with Crippen molar-refractivity contribution >= 4 is 0 Å². The molecule has 0 amide bonds. The Kier molecular flexibility index (Phi) is 7.94. The molecule has 2 fully saturated rings. The maximum Gasteiger partial charge on any atom is 0.0689 e. The van der Waals surface area contributed by atoms with Crippen molar-refractivity contribution in [1.29, 1.82) is 5.26 Å². The minimum atomic E-state index is 0.0449. The zero-order valence-corrected chi connectivity index (χ0v) is 15.8. The van der Waals surface area contributed by atoms with Gasteiger partial charge in [0.1, 0.15) is 0 Å². The smallest absolute Gasteiger partial charge is 0.0689 e. The highest BCUT2D eigenvalue weighted by atomic mass is 14.4. The van der Waals surface area contributed by atoms with Crippen LogP contribution in [0.25, 0.3) is 0 Å². The highest BCUT2D eigenvalue weighted by Crippen LogP contribution is 2.45. The van der Waals surface area contributed by atoms with Crippen LogP contribution >= 0.6 is 0 Å². The molecule has 0 heterocycles. The lowest BCUT2D eigenvalue weighted by Gasteiger charge is -2.37. The third kappa shape index (κ3) is 5.81. The van der Waals surface area contributed by atoms with Crippen molar-refractivity contribution in [3.63, 3.8) is 0 Å². The summed E-state index contributed by atoms with van der Waals surface area (Å²) in [5.74, 6) is 2.85. The van der Waals surface area contributed by atoms with Gasteiger partial charge in [-0.05, 0) is 56.3 Å². The van der Waals surface area contributed by atoms with Crippen LogP contribution in [-0.4, -0.2) is 0 Å². The van der Waals surface area contributed by atoms with Gasteiger partial charge in [0.2, 0.25) is 0 Å².